The summed E-state index contributed by atoms with van der Waals surface area (Å²) in [5.41, 5.74) is 3.91. The molecule has 2 atom stereocenters. The van der Waals surface area contributed by atoms with E-state index in [1.54, 1.807) is 21.3 Å². The minimum Gasteiger partial charge on any atom is -0.493 e. The van der Waals surface area contributed by atoms with Gasteiger partial charge in [-0.2, -0.15) is 5.10 Å². The molecule has 174 valence electrons. The predicted octanol–water partition coefficient (Wildman–Crippen LogP) is 4.68. The fourth-order valence-electron chi connectivity index (χ4n) is 4.75. The van der Waals surface area contributed by atoms with Gasteiger partial charge in [-0.25, -0.2) is 5.01 Å². The van der Waals surface area contributed by atoms with E-state index in [1.165, 1.54) is 0 Å². The number of hydrogen-bond donors (Lipinski definition) is 0. The highest BCUT2D eigenvalue weighted by Gasteiger charge is 2.41. The fraction of sp³-hybridized carbons (Fsp3) is 0.269. The molecular formula is C26H24N2O6. The largest absolute Gasteiger partial charge is 0.493 e. The maximum absolute atomic E-state index is 6.48. The molecule has 0 amide bonds. The van der Waals surface area contributed by atoms with Crippen LogP contribution in [0.3, 0.4) is 0 Å². The number of hydrogen-bond acceptors (Lipinski definition) is 8. The molecule has 6 rings (SSSR count). The van der Waals surface area contributed by atoms with Crippen molar-refractivity contribution in [1.82, 2.24) is 5.01 Å². The Hall–Kier alpha value is -4.07. The topological polar surface area (TPSA) is 71.0 Å². The van der Waals surface area contributed by atoms with Gasteiger partial charge in [0.25, 0.3) is 0 Å². The summed E-state index contributed by atoms with van der Waals surface area (Å²) in [5, 5.41) is 7.05. The van der Waals surface area contributed by atoms with Gasteiger partial charge in [0.15, 0.2) is 23.0 Å². The van der Waals surface area contributed by atoms with Gasteiger partial charge in [-0.05, 0) is 36.4 Å². The van der Waals surface area contributed by atoms with Crippen LogP contribution in [0, 0.1) is 0 Å². The molecule has 3 aliphatic heterocycles. The zero-order valence-corrected chi connectivity index (χ0v) is 19.1. The van der Waals surface area contributed by atoms with Crippen LogP contribution >= 0.6 is 0 Å². The van der Waals surface area contributed by atoms with Gasteiger partial charge < -0.3 is 28.4 Å². The van der Waals surface area contributed by atoms with Gasteiger partial charge in [0.2, 0.25) is 18.8 Å². The standard InChI is InChI=1S/C26H24N2O6/c1-29-23-11-16(12-24(30-2)25(23)31-3)26-28-19(17-6-4-5-7-20(17)34-26)13-18(27-28)15-8-9-21-22(10-15)33-14-32-21/h4-12,19,26H,13-14H2,1-3H3/t19-,26-/m1/s1. The zero-order chi connectivity index (χ0) is 23.2. The van der Waals surface area contributed by atoms with Crippen molar-refractivity contribution in [2.24, 2.45) is 5.10 Å². The summed E-state index contributed by atoms with van der Waals surface area (Å²) in [6.07, 6.45) is 0.265. The molecule has 0 saturated heterocycles. The normalized spacial score (nSPS) is 19.6. The summed E-state index contributed by atoms with van der Waals surface area (Å²) in [4.78, 5) is 0. The number of fused-ring (bicyclic) bond motifs is 4. The Morgan fingerprint density at radius 2 is 1.62 bits per heavy atom. The Morgan fingerprint density at radius 1 is 0.853 bits per heavy atom. The van der Waals surface area contributed by atoms with Gasteiger partial charge in [-0.3, -0.25) is 0 Å². The molecule has 34 heavy (non-hydrogen) atoms. The second kappa shape index (κ2) is 8.06. The van der Waals surface area contributed by atoms with Crippen molar-refractivity contribution < 1.29 is 28.4 Å². The molecule has 0 fully saturated rings. The Kier molecular flexibility index (Phi) is 4.86. The Balaban J connectivity index is 1.45. The van der Waals surface area contributed by atoms with E-state index in [1.807, 2.05) is 53.5 Å². The predicted molar refractivity (Wildman–Crippen MR) is 124 cm³/mol. The van der Waals surface area contributed by atoms with E-state index in [0.717, 1.165) is 46.1 Å². The maximum atomic E-state index is 6.48. The lowest BCUT2D eigenvalue weighted by atomic mass is 9.95. The van der Waals surface area contributed by atoms with E-state index < -0.39 is 6.23 Å². The maximum Gasteiger partial charge on any atom is 0.231 e. The van der Waals surface area contributed by atoms with E-state index in [4.69, 9.17) is 33.5 Å². The highest BCUT2D eigenvalue weighted by Crippen LogP contribution is 2.50. The SMILES string of the molecule is COc1cc([C@H]2Oc3ccccc3[C@H]3CC(c4ccc5c(c4)OCO5)=NN32)cc(OC)c1OC. The number of para-hydroxylation sites is 1. The van der Waals surface area contributed by atoms with E-state index in [2.05, 4.69) is 6.07 Å². The first-order valence-electron chi connectivity index (χ1n) is 11.0. The lowest BCUT2D eigenvalue weighted by molar-refractivity contribution is -0.0192. The number of ether oxygens (including phenoxy) is 6. The third kappa shape index (κ3) is 3.17. The molecule has 0 bridgehead atoms. The number of methoxy groups -OCH3 is 3. The van der Waals surface area contributed by atoms with Gasteiger partial charge in [0.1, 0.15) is 5.75 Å². The molecular weight excluding hydrogens is 436 g/mol. The van der Waals surface area contributed by atoms with Crippen molar-refractivity contribution in [3.8, 4) is 34.5 Å². The molecule has 3 aromatic carbocycles. The number of nitrogens with zero attached hydrogens (tertiary/aromatic N) is 2. The number of rotatable bonds is 5. The van der Waals surface area contributed by atoms with Crippen molar-refractivity contribution in [2.45, 2.75) is 18.7 Å². The van der Waals surface area contributed by atoms with Gasteiger partial charge in [-0.15, -0.1) is 0 Å². The van der Waals surface area contributed by atoms with E-state index in [0.29, 0.717) is 17.2 Å². The van der Waals surface area contributed by atoms with Crippen molar-refractivity contribution >= 4 is 5.71 Å². The van der Waals surface area contributed by atoms with Crippen LogP contribution in [0.1, 0.15) is 35.4 Å². The average molecular weight is 460 g/mol. The summed E-state index contributed by atoms with van der Waals surface area (Å²) in [6.45, 7) is 0.241. The lowest BCUT2D eigenvalue weighted by Crippen LogP contribution is -2.33. The molecule has 8 nitrogen and oxygen atoms in total. The lowest BCUT2D eigenvalue weighted by Gasteiger charge is -2.38. The zero-order valence-electron chi connectivity index (χ0n) is 19.1. The third-order valence-corrected chi connectivity index (χ3v) is 6.38. The van der Waals surface area contributed by atoms with Crippen molar-refractivity contribution in [3.05, 3.63) is 71.3 Å². The number of benzene rings is 3. The molecule has 0 radical (unpaired) electrons. The van der Waals surface area contributed by atoms with E-state index in [9.17, 15) is 0 Å². The first kappa shape index (κ1) is 20.5. The monoisotopic (exact) mass is 460 g/mol. The van der Waals surface area contributed by atoms with Crippen LogP contribution in [0.2, 0.25) is 0 Å². The summed E-state index contributed by atoms with van der Waals surface area (Å²) < 4.78 is 34.2. The highest BCUT2D eigenvalue weighted by atomic mass is 16.7. The van der Waals surface area contributed by atoms with Crippen LogP contribution in [-0.2, 0) is 0 Å². The minimum absolute atomic E-state index is 0.0227. The number of hydrazone groups is 1. The van der Waals surface area contributed by atoms with Gasteiger partial charge in [0, 0.05) is 23.1 Å². The highest BCUT2D eigenvalue weighted by molar-refractivity contribution is 6.02. The van der Waals surface area contributed by atoms with Crippen LogP contribution in [0.4, 0.5) is 0 Å². The third-order valence-electron chi connectivity index (χ3n) is 6.38. The molecule has 0 N–H and O–H groups in total. The summed E-state index contributed by atoms with van der Waals surface area (Å²) in [5.74, 6) is 3.99. The fourth-order valence-corrected chi connectivity index (χ4v) is 4.75. The molecule has 3 aliphatic rings. The second-order valence-electron chi connectivity index (χ2n) is 8.18. The minimum atomic E-state index is -0.472. The van der Waals surface area contributed by atoms with E-state index in [-0.39, 0.29) is 12.8 Å². The first-order valence-corrected chi connectivity index (χ1v) is 11.0. The molecule has 0 unspecified atom stereocenters. The Bertz CT molecular complexity index is 1270. The van der Waals surface area contributed by atoms with Crippen molar-refractivity contribution in [1.29, 1.82) is 0 Å². The molecule has 3 heterocycles. The molecule has 0 aromatic heterocycles. The molecule has 0 aliphatic carbocycles. The Labute approximate surface area is 197 Å². The molecule has 3 aromatic rings. The van der Waals surface area contributed by atoms with Crippen molar-refractivity contribution in [3.63, 3.8) is 0 Å². The van der Waals surface area contributed by atoms with Gasteiger partial charge >= 0.3 is 0 Å². The molecule has 8 heteroatoms. The van der Waals surface area contributed by atoms with Crippen LogP contribution in [-0.4, -0.2) is 38.8 Å². The quantitative estimate of drug-likeness (QED) is 0.547. The smallest absolute Gasteiger partial charge is 0.231 e. The van der Waals surface area contributed by atoms with Crippen molar-refractivity contribution in [2.75, 3.05) is 28.1 Å². The van der Waals surface area contributed by atoms with Crippen LogP contribution < -0.4 is 28.4 Å². The van der Waals surface area contributed by atoms with Gasteiger partial charge in [0.05, 0.1) is 33.1 Å². The molecule has 0 spiro atoms. The summed E-state index contributed by atoms with van der Waals surface area (Å²) >= 11 is 0. The van der Waals surface area contributed by atoms with Crippen LogP contribution in [0.15, 0.2) is 59.7 Å². The van der Waals surface area contributed by atoms with Crippen LogP contribution in [0.5, 0.6) is 34.5 Å². The average Bonchev–Trinajstić information content (AvgIpc) is 3.54. The Morgan fingerprint density at radius 3 is 2.38 bits per heavy atom. The van der Waals surface area contributed by atoms with Crippen LogP contribution in [0.25, 0.3) is 0 Å². The first-order chi connectivity index (χ1) is 16.7. The van der Waals surface area contributed by atoms with E-state index >= 15 is 0 Å². The van der Waals surface area contributed by atoms with Gasteiger partial charge in [-0.1, -0.05) is 18.2 Å². The summed E-state index contributed by atoms with van der Waals surface area (Å²) in [6, 6.07) is 17.9. The summed E-state index contributed by atoms with van der Waals surface area (Å²) in [7, 11) is 4.80. The second-order valence-corrected chi connectivity index (χ2v) is 8.18. The molecule has 0 saturated carbocycles.